The molecule has 0 aliphatic heterocycles. The SMILES string of the molecule is C1=CCCC(NCc2ccccc2)CCC1. The van der Waals surface area contributed by atoms with Gasteiger partial charge in [-0.05, 0) is 37.7 Å². The lowest BCUT2D eigenvalue weighted by Crippen LogP contribution is -2.28. The van der Waals surface area contributed by atoms with Gasteiger partial charge < -0.3 is 5.32 Å². The van der Waals surface area contributed by atoms with Crippen molar-refractivity contribution in [2.24, 2.45) is 0 Å². The molecule has 2 rings (SSSR count). The van der Waals surface area contributed by atoms with E-state index in [1.54, 1.807) is 0 Å². The number of nitrogens with one attached hydrogen (secondary N) is 1. The molecular formula is C15H21N. The van der Waals surface area contributed by atoms with Gasteiger partial charge in [0.2, 0.25) is 0 Å². The Hall–Kier alpha value is -1.08. The first-order valence-electron chi connectivity index (χ1n) is 6.37. The predicted octanol–water partition coefficient (Wildman–Crippen LogP) is 3.67. The fourth-order valence-corrected chi connectivity index (χ4v) is 2.22. The highest BCUT2D eigenvalue weighted by Crippen LogP contribution is 2.12. The lowest BCUT2D eigenvalue weighted by molar-refractivity contribution is 0.439. The minimum atomic E-state index is 0.699. The van der Waals surface area contributed by atoms with Crippen molar-refractivity contribution in [2.75, 3.05) is 0 Å². The van der Waals surface area contributed by atoms with E-state index in [2.05, 4.69) is 47.8 Å². The molecule has 1 aromatic rings. The van der Waals surface area contributed by atoms with Gasteiger partial charge in [0.1, 0.15) is 0 Å². The summed E-state index contributed by atoms with van der Waals surface area (Å²) < 4.78 is 0. The second kappa shape index (κ2) is 6.49. The van der Waals surface area contributed by atoms with E-state index in [4.69, 9.17) is 0 Å². The first kappa shape index (κ1) is 11.4. The molecule has 0 fully saturated rings. The Morgan fingerprint density at radius 3 is 2.69 bits per heavy atom. The van der Waals surface area contributed by atoms with Gasteiger partial charge in [0, 0.05) is 12.6 Å². The fraction of sp³-hybridized carbons (Fsp3) is 0.467. The molecule has 0 radical (unpaired) electrons. The molecule has 16 heavy (non-hydrogen) atoms. The third-order valence-electron chi connectivity index (χ3n) is 3.21. The smallest absolute Gasteiger partial charge is 0.0208 e. The molecule has 0 saturated heterocycles. The van der Waals surface area contributed by atoms with Gasteiger partial charge in [0.05, 0.1) is 0 Å². The van der Waals surface area contributed by atoms with Crippen LogP contribution in [0.15, 0.2) is 42.5 Å². The average Bonchev–Trinajstić information content (AvgIpc) is 2.29. The van der Waals surface area contributed by atoms with E-state index in [9.17, 15) is 0 Å². The Balaban J connectivity index is 1.78. The van der Waals surface area contributed by atoms with E-state index in [1.807, 2.05) is 0 Å². The Kier molecular flexibility index (Phi) is 4.63. The minimum Gasteiger partial charge on any atom is -0.310 e. The number of hydrogen-bond donors (Lipinski definition) is 1. The van der Waals surface area contributed by atoms with Crippen LogP contribution < -0.4 is 5.32 Å². The Labute approximate surface area is 98.6 Å². The molecule has 0 amide bonds. The number of hydrogen-bond acceptors (Lipinski definition) is 1. The zero-order valence-electron chi connectivity index (χ0n) is 9.86. The van der Waals surface area contributed by atoms with Crippen LogP contribution >= 0.6 is 0 Å². The maximum Gasteiger partial charge on any atom is 0.0208 e. The van der Waals surface area contributed by atoms with Gasteiger partial charge >= 0.3 is 0 Å². The summed E-state index contributed by atoms with van der Waals surface area (Å²) in [5.74, 6) is 0. The van der Waals surface area contributed by atoms with Gasteiger partial charge in [-0.15, -0.1) is 0 Å². The summed E-state index contributed by atoms with van der Waals surface area (Å²) >= 11 is 0. The molecule has 0 aromatic heterocycles. The zero-order valence-corrected chi connectivity index (χ0v) is 9.86. The Morgan fingerprint density at radius 1 is 1.00 bits per heavy atom. The van der Waals surface area contributed by atoms with Gasteiger partial charge in [0.25, 0.3) is 0 Å². The third-order valence-corrected chi connectivity index (χ3v) is 3.21. The van der Waals surface area contributed by atoms with Crippen LogP contribution in [0.3, 0.4) is 0 Å². The topological polar surface area (TPSA) is 12.0 Å². The summed E-state index contributed by atoms with van der Waals surface area (Å²) in [6.07, 6.45) is 11.1. The summed E-state index contributed by atoms with van der Waals surface area (Å²) in [7, 11) is 0. The molecule has 1 unspecified atom stereocenters. The number of allylic oxidation sites excluding steroid dienone is 2. The molecule has 0 bridgehead atoms. The molecule has 0 saturated carbocycles. The van der Waals surface area contributed by atoms with Crippen molar-refractivity contribution >= 4 is 0 Å². The van der Waals surface area contributed by atoms with Crippen molar-refractivity contribution in [3.63, 3.8) is 0 Å². The molecule has 1 heteroatoms. The van der Waals surface area contributed by atoms with Crippen molar-refractivity contribution in [3.8, 4) is 0 Å². The van der Waals surface area contributed by atoms with Crippen LogP contribution in [0, 0.1) is 0 Å². The highest BCUT2D eigenvalue weighted by molar-refractivity contribution is 5.14. The monoisotopic (exact) mass is 215 g/mol. The van der Waals surface area contributed by atoms with Gasteiger partial charge in [0.15, 0.2) is 0 Å². The lowest BCUT2D eigenvalue weighted by atomic mass is 10.0. The van der Waals surface area contributed by atoms with Crippen LogP contribution in [-0.2, 0) is 6.54 Å². The van der Waals surface area contributed by atoms with Gasteiger partial charge in [-0.1, -0.05) is 42.5 Å². The summed E-state index contributed by atoms with van der Waals surface area (Å²) in [6.45, 7) is 1.01. The first-order chi connectivity index (χ1) is 7.95. The van der Waals surface area contributed by atoms with E-state index in [0.717, 1.165) is 6.54 Å². The molecule has 1 aliphatic carbocycles. The number of benzene rings is 1. The van der Waals surface area contributed by atoms with E-state index >= 15 is 0 Å². The normalized spacial score (nSPS) is 21.4. The molecule has 1 nitrogen and oxygen atoms in total. The highest BCUT2D eigenvalue weighted by Gasteiger charge is 2.08. The largest absolute Gasteiger partial charge is 0.310 e. The highest BCUT2D eigenvalue weighted by atomic mass is 14.9. The van der Waals surface area contributed by atoms with Crippen LogP contribution in [-0.4, -0.2) is 6.04 Å². The second-order valence-corrected chi connectivity index (χ2v) is 4.54. The van der Waals surface area contributed by atoms with Crippen molar-refractivity contribution in [1.29, 1.82) is 0 Å². The Morgan fingerprint density at radius 2 is 1.81 bits per heavy atom. The van der Waals surface area contributed by atoms with Gasteiger partial charge in [-0.2, -0.15) is 0 Å². The second-order valence-electron chi connectivity index (χ2n) is 4.54. The average molecular weight is 215 g/mol. The van der Waals surface area contributed by atoms with Crippen molar-refractivity contribution in [3.05, 3.63) is 48.0 Å². The van der Waals surface area contributed by atoms with Crippen LogP contribution in [0.1, 0.15) is 37.7 Å². The van der Waals surface area contributed by atoms with Crippen molar-refractivity contribution in [1.82, 2.24) is 5.32 Å². The van der Waals surface area contributed by atoms with Crippen LogP contribution in [0.25, 0.3) is 0 Å². The zero-order chi connectivity index (χ0) is 11.1. The molecule has 86 valence electrons. The maximum absolute atomic E-state index is 3.67. The van der Waals surface area contributed by atoms with Gasteiger partial charge in [-0.3, -0.25) is 0 Å². The predicted molar refractivity (Wildman–Crippen MR) is 69.3 cm³/mol. The van der Waals surface area contributed by atoms with Crippen LogP contribution in [0.2, 0.25) is 0 Å². The quantitative estimate of drug-likeness (QED) is 0.759. The molecule has 1 aliphatic rings. The molecule has 0 spiro atoms. The summed E-state index contributed by atoms with van der Waals surface area (Å²) in [5.41, 5.74) is 1.39. The summed E-state index contributed by atoms with van der Waals surface area (Å²) in [4.78, 5) is 0. The summed E-state index contributed by atoms with van der Waals surface area (Å²) in [5, 5.41) is 3.67. The van der Waals surface area contributed by atoms with Crippen LogP contribution in [0.4, 0.5) is 0 Å². The van der Waals surface area contributed by atoms with E-state index in [-0.39, 0.29) is 0 Å². The standard InChI is InChI=1S/C15H21N/c1-2-7-11-15(12-8-3-1)16-13-14-9-5-4-6-10-14/h1-2,4-6,9-10,15-16H,3,7-8,11-13H2. The fourth-order valence-electron chi connectivity index (χ4n) is 2.22. The molecule has 1 atom stereocenters. The third kappa shape index (κ3) is 3.82. The van der Waals surface area contributed by atoms with E-state index in [1.165, 1.54) is 37.7 Å². The number of rotatable bonds is 3. The van der Waals surface area contributed by atoms with E-state index in [0.29, 0.717) is 6.04 Å². The minimum absolute atomic E-state index is 0.699. The molecular weight excluding hydrogens is 194 g/mol. The summed E-state index contributed by atoms with van der Waals surface area (Å²) in [6, 6.07) is 11.4. The van der Waals surface area contributed by atoms with Gasteiger partial charge in [-0.25, -0.2) is 0 Å². The molecule has 0 heterocycles. The van der Waals surface area contributed by atoms with E-state index < -0.39 is 0 Å². The molecule has 1 aromatic carbocycles. The van der Waals surface area contributed by atoms with Crippen molar-refractivity contribution in [2.45, 2.75) is 44.7 Å². The molecule has 1 N–H and O–H groups in total. The van der Waals surface area contributed by atoms with Crippen LogP contribution in [0.5, 0.6) is 0 Å². The maximum atomic E-state index is 3.67. The van der Waals surface area contributed by atoms with Crippen molar-refractivity contribution < 1.29 is 0 Å². The lowest BCUT2D eigenvalue weighted by Gasteiger charge is -2.19. The first-order valence-corrected chi connectivity index (χ1v) is 6.37. The Bertz CT molecular complexity index is 315.